The lowest BCUT2D eigenvalue weighted by Crippen LogP contribution is -2.47. The summed E-state index contributed by atoms with van der Waals surface area (Å²) in [6.45, 7) is 9.40. The fourth-order valence-corrected chi connectivity index (χ4v) is 4.87. The Morgan fingerprint density at radius 2 is 1.96 bits per heavy atom. The van der Waals surface area contributed by atoms with Gasteiger partial charge in [0.05, 0.1) is 12.6 Å². The number of carbonyl (C=O) groups is 2. The number of nitrogens with zero attached hydrogens (tertiary/aromatic N) is 2. The number of aryl methyl sites for hydroxylation is 1. The molecule has 0 radical (unpaired) electrons. The van der Waals surface area contributed by atoms with E-state index in [4.69, 9.17) is 0 Å². The van der Waals surface area contributed by atoms with Crippen molar-refractivity contribution in [1.82, 2.24) is 9.80 Å². The maximum absolute atomic E-state index is 13.4. The van der Waals surface area contributed by atoms with E-state index >= 15 is 0 Å². The molecule has 4 nitrogen and oxygen atoms in total. The second kappa shape index (κ2) is 8.91. The minimum atomic E-state index is -0.101. The summed E-state index contributed by atoms with van der Waals surface area (Å²) in [6.07, 6.45) is 1.73. The molecule has 5 heteroatoms. The Labute approximate surface area is 172 Å². The second-order valence-electron chi connectivity index (χ2n) is 7.81. The van der Waals surface area contributed by atoms with E-state index in [0.29, 0.717) is 13.1 Å². The molecule has 0 saturated heterocycles. The summed E-state index contributed by atoms with van der Waals surface area (Å²) >= 11 is 1.77. The van der Waals surface area contributed by atoms with E-state index in [1.807, 2.05) is 37.8 Å². The van der Waals surface area contributed by atoms with E-state index in [-0.39, 0.29) is 30.3 Å². The number of hydrogen-bond donors (Lipinski definition) is 0. The van der Waals surface area contributed by atoms with E-state index in [9.17, 15) is 9.59 Å². The summed E-state index contributed by atoms with van der Waals surface area (Å²) in [4.78, 5) is 31.0. The predicted molar refractivity (Wildman–Crippen MR) is 114 cm³/mol. The third-order valence-electron chi connectivity index (χ3n) is 5.39. The monoisotopic (exact) mass is 398 g/mol. The van der Waals surface area contributed by atoms with Crippen LogP contribution in [0.2, 0.25) is 0 Å². The Kier molecular flexibility index (Phi) is 6.55. The van der Waals surface area contributed by atoms with Gasteiger partial charge in [0.2, 0.25) is 11.8 Å². The van der Waals surface area contributed by atoms with Crippen LogP contribution >= 0.6 is 11.3 Å². The molecule has 1 aromatic heterocycles. The van der Waals surface area contributed by atoms with Gasteiger partial charge in [-0.1, -0.05) is 45.0 Å². The van der Waals surface area contributed by atoms with Crippen LogP contribution in [0.25, 0.3) is 0 Å². The van der Waals surface area contributed by atoms with Crippen molar-refractivity contribution < 1.29 is 9.59 Å². The molecule has 0 N–H and O–H groups in total. The van der Waals surface area contributed by atoms with Crippen LogP contribution in [0.15, 0.2) is 35.7 Å². The van der Waals surface area contributed by atoms with Crippen molar-refractivity contribution in [2.75, 3.05) is 19.6 Å². The van der Waals surface area contributed by atoms with Gasteiger partial charge in [0.25, 0.3) is 0 Å². The smallest absolute Gasteiger partial charge is 0.242 e. The van der Waals surface area contributed by atoms with E-state index in [0.717, 1.165) is 12.8 Å². The van der Waals surface area contributed by atoms with Crippen LogP contribution in [0.1, 0.15) is 54.8 Å². The Morgan fingerprint density at radius 3 is 2.64 bits per heavy atom. The molecule has 0 saturated carbocycles. The molecule has 2 heterocycles. The third kappa shape index (κ3) is 4.14. The largest absolute Gasteiger partial charge is 0.333 e. The summed E-state index contributed by atoms with van der Waals surface area (Å²) in [5.41, 5.74) is 3.59. The predicted octanol–water partition coefficient (Wildman–Crippen LogP) is 4.43. The molecule has 1 aliphatic heterocycles. The van der Waals surface area contributed by atoms with Crippen molar-refractivity contribution >= 4 is 23.2 Å². The Morgan fingerprint density at radius 1 is 1.21 bits per heavy atom. The topological polar surface area (TPSA) is 40.6 Å². The summed E-state index contributed by atoms with van der Waals surface area (Å²) in [7, 11) is 0. The zero-order chi connectivity index (χ0) is 20.3. The van der Waals surface area contributed by atoms with Crippen LogP contribution in [-0.2, 0) is 16.0 Å². The van der Waals surface area contributed by atoms with Gasteiger partial charge in [-0.2, -0.15) is 0 Å². The maximum Gasteiger partial charge on any atom is 0.242 e. The van der Waals surface area contributed by atoms with Crippen molar-refractivity contribution in [3.8, 4) is 0 Å². The number of amides is 2. The van der Waals surface area contributed by atoms with Gasteiger partial charge in [-0.15, -0.1) is 11.3 Å². The van der Waals surface area contributed by atoms with Crippen molar-refractivity contribution in [2.45, 2.75) is 46.6 Å². The fraction of sp³-hybridized carbons (Fsp3) is 0.478. The summed E-state index contributed by atoms with van der Waals surface area (Å²) in [5, 5.41) is 2.12. The average Bonchev–Trinajstić information content (AvgIpc) is 3.15. The Balaban J connectivity index is 1.92. The SMILES string of the molecule is CCCN(CC(=O)N1CCc2sccc2[C@H]1c1ccccc1C)C(=O)C(C)C. The van der Waals surface area contributed by atoms with Gasteiger partial charge in [-0.3, -0.25) is 9.59 Å². The molecule has 2 aromatic rings. The first-order chi connectivity index (χ1) is 13.4. The first-order valence-corrected chi connectivity index (χ1v) is 11.0. The van der Waals surface area contributed by atoms with Crippen LogP contribution in [-0.4, -0.2) is 41.2 Å². The van der Waals surface area contributed by atoms with Crippen LogP contribution in [0.5, 0.6) is 0 Å². The lowest BCUT2D eigenvalue weighted by molar-refractivity contribution is -0.143. The number of thiophene rings is 1. The number of hydrogen-bond acceptors (Lipinski definition) is 3. The van der Waals surface area contributed by atoms with E-state index in [1.54, 1.807) is 16.2 Å². The number of rotatable bonds is 6. The van der Waals surface area contributed by atoms with Crippen molar-refractivity contribution in [3.05, 3.63) is 57.3 Å². The van der Waals surface area contributed by atoms with Gasteiger partial charge in [-0.05, 0) is 47.9 Å². The van der Waals surface area contributed by atoms with E-state index in [1.165, 1.54) is 21.6 Å². The highest BCUT2D eigenvalue weighted by atomic mass is 32.1. The molecule has 28 heavy (non-hydrogen) atoms. The van der Waals surface area contributed by atoms with Gasteiger partial charge in [0, 0.05) is 23.9 Å². The third-order valence-corrected chi connectivity index (χ3v) is 6.39. The van der Waals surface area contributed by atoms with Crippen molar-refractivity contribution in [1.29, 1.82) is 0 Å². The summed E-state index contributed by atoms with van der Waals surface area (Å²) < 4.78 is 0. The normalized spacial score (nSPS) is 16.2. The summed E-state index contributed by atoms with van der Waals surface area (Å²) in [6, 6.07) is 10.4. The molecule has 0 bridgehead atoms. The molecule has 0 unspecified atom stereocenters. The minimum Gasteiger partial charge on any atom is -0.333 e. The quantitative estimate of drug-likeness (QED) is 0.722. The molecule has 0 spiro atoms. The lowest BCUT2D eigenvalue weighted by Gasteiger charge is -2.38. The highest BCUT2D eigenvalue weighted by Crippen LogP contribution is 2.39. The Bertz CT molecular complexity index is 843. The van der Waals surface area contributed by atoms with Gasteiger partial charge < -0.3 is 9.80 Å². The molecule has 1 aromatic carbocycles. The average molecular weight is 399 g/mol. The van der Waals surface area contributed by atoms with Crippen LogP contribution < -0.4 is 0 Å². The van der Waals surface area contributed by atoms with E-state index in [2.05, 4.69) is 30.5 Å². The van der Waals surface area contributed by atoms with Gasteiger partial charge >= 0.3 is 0 Å². The highest BCUT2D eigenvalue weighted by Gasteiger charge is 2.34. The first kappa shape index (κ1) is 20.6. The molecular formula is C23H30N2O2S. The van der Waals surface area contributed by atoms with E-state index < -0.39 is 0 Å². The van der Waals surface area contributed by atoms with Gasteiger partial charge in [-0.25, -0.2) is 0 Å². The zero-order valence-electron chi connectivity index (χ0n) is 17.3. The maximum atomic E-state index is 13.4. The number of carbonyl (C=O) groups excluding carboxylic acids is 2. The zero-order valence-corrected chi connectivity index (χ0v) is 18.1. The second-order valence-corrected chi connectivity index (χ2v) is 8.81. The van der Waals surface area contributed by atoms with Crippen LogP contribution in [0.3, 0.4) is 0 Å². The van der Waals surface area contributed by atoms with Gasteiger partial charge in [0.15, 0.2) is 0 Å². The van der Waals surface area contributed by atoms with Crippen LogP contribution in [0, 0.1) is 12.8 Å². The van der Waals surface area contributed by atoms with Gasteiger partial charge in [0.1, 0.15) is 0 Å². The van der Waals surface area contributed by atoms with Crippen molar-refractivity contribution in [3.63, 3.8) is 0 Å². The number of benzene rings is 1. The molecule has 0 fully saturated rings. The standard InChI is InChI=1S/C23H30N2O2S/c1-5-12-24(23(27)16(2)3)15-21(26)25-13-10-20-19(11-14-28-20)22(25)18-9-7-6-8-17(18)4/h6-9,11,14,16,22H,5,10,12-13,15H2,1-4H3/t22-/m1/s1. The fourth-order valence-electron chi connectivity index (χ4n) is 3.97. The highest BCUT2D eigenvalue weighted by molar-refractivity contribution is 7.10. The first-order valence-electron chi connectivity index (χ1n) is 10.1. The van der Waals surface area contributed by atoms with Crippen molar-refractivity contribution in [2.24, 2.45) is 5.92 Å². The van der Waals surface area contributed by atoms with Crippen LogP contribution in [0.4, 0.5) is 0 Å². The Hall–Kier alpha value is -2.14. The molecule has 3 rings (SSSR count). The molecule has 1 atom stereocenters. The molecular weight excluding hydrogens is 368 g/mol. The summed E-state index contributed by atoms with van der Waals surface area (Å²) in [5.74, 6) is -0.0141. The molecule has 150 valence electrons. The molecule has 2 amide bonds. The minimum absolute atomic E-state index is 0.0348. The molecule has 1 aliphatic rings. The number of fused-ring (bicyclic) bond motifs is 1. The molecule has 0 aliphatic carbocycles. The lowest BCUT2D eigenvalue weighted by atomic mass is 9.90.